The Kier molecular flexibility index (Phi) is 4.62. The van der Waals surface area contributed by atoms with Crippen molar-refractivity contribution in [1.82, 2.24) is 4.90 Å². The molecule has 1 aliphatic rings. The summed E-state index contributed by atoms with van der Waals surface area (Å²) in [6.45, 7) is 3.90. The third kappa shape index (κ3) is 3.10. The average Bonchev–Trinajstić information content (AvgIpc) is 2.58. The maximum atomic E-state index is 11.7. The van der Waals surface area contributed by atoms with Crippen LogP contribution in [-0.2, 0) is 14.6 Å². The minimum atomic E-state index is -2.96. The monoisotopic (exact) mass is 267 g/mol. The van der Waals surface area contributed by atoms with E-state index in [1.54, 1.807) is 4.90 Å². The first-order valence-electron chi connectivity index (χ1n) is 5.48. The first-order chi connectivity index (χ1) is 7.41. The number of nitrogens with zero attached hydrogens (tertiary/aromatic N) is 1. The second-order valence-electron chi connectivity index (χ2n) is 4.25. The van der Waals surface area contributed by atoms with Crippen molar-refractivity contribution in [2.24, 2.45) is 0 Å². The molecular formula is C10H18ClNO3S. The van der Waals surface area contributed by atoms with Gasteiger partial charge < -0.3 is 4.90 Å². The molecule has 1 fully saturated rings. The van der Waals surface area contributed by atoms with Gasteiger partial charge in [0, 0.05) is 12.1 Å². The molecule has 1 saturated heterocycles. The molecule has 2 atom stereocenters. The van der Waals surface area contributed by atoms with Gasteiger partial charge in [0.05, 0.1) is 11.5 Å². The van der Waals surface area contributed by atoms with E-state index in [1.807, 2.05) is 13.8 Å². The smallest absolute Gasteiger partial charge is 0.238 e. The quantitative estimate of drug-likeness (QED) is 0.715. The fraction of sp³-hybridized carbons (Fsp3) is 0.900. The third-order valence-corrected chi connectivity index (χ3v) is 5.05. The fourth-order valence-electron chi connectivity index (χ4n) is 2.07. The van der Waals surface area contributed by atoms with Gasteiger partial charge in [-0.1, -0.05) is 6.92 Å². The summed E-state index contributed by atoms with van der Waals surface area (Å²) in [5.41, 5.74) is 0. The van der Waals surface area contributed by atoms with Gasteiger partial charge >= 0.3 is 0 Å². The fourth-order valence-corrected chi connectivity index (χ4v) is 3.92. The summed E-state index contributed by atoms with van der Waals surface area (Å²) in [6, 6.07) is -0.143. The highest BCUT2D eigenvalue weighted by Crippen LogP contribution is 2.21. The van der Waals surface area contributed by atoms with Crippen LogP contribution in [0, 0.1) is 0 Å². The van der Waals surface area contributed by atoms with Gasteiger partial charge in [-0.25, -0.2) is 8.42 Å². The van der Waals surface area contributed by atoms with Crippen LogP contribution in [0.15, 0.2) is 0 Å². The summed E-state index contributed by atoms with van der Waals surface area (Å²) >= 11 is 5.56. The Balaban J connectivity index is 2.82. The molecule has 0 N–H and O–H groups in total. The van der Waals surface area contributed by atoms with Crippen molar-refractivity contribution in [2.45, 2.75) is 38.8 Å². The Labute approximate surface area is 102 Å². The Morgan fingerprint density at radius 3 is 2.56 bits per heavy atom. The molecule has 1 heterocycles. The molecule has 1 rings (SSSR count). The minimum Gasteiger partial charge on any atom is -0.335 e. The van der Waals surface area contributed by atoms with Crippen molar-refractivity contribution in [2.75, 3.05) is 17.4 Å². The first kappa shape index (κ1) is 13.8. The number of sulfone groups is 1. The molecule has 0 aromatic heterocycles. The Bertz CT molecular complexity index is 355. The van der Waals surface area contributed by atoms with Gasteiger partial charge in [-0.15, -0.1) is 11.6 Å². The Hall–Kier alpha value is -0.290. The molecule has 1 aliphatic heterocycles. The molecule has 0 radical (unpaired) electrons. The summed E-state index contributed by atoms with van der Waals surface area (Å²) in [6.07, 6.45) is 1.34. The zero-order chi connectivity index (χ0) is 12.3. The summed E-state index contributed by atoms with van der Waals surface area (Å²) in [5.74, 6) is 0.0132. The number of carbonyl (C=O) groups excluding carboxylic acids is 1. The van der Waals surface area contributed by atoms with E-state index in [0.717, 1.165) is 6.42 Å². The van der Waals surface area contributed by atoms with Gasteiger partial charge in [-0.05, 0) is 19.8 Å². The number of hydrogen-bond donors (Lipinski definition) is 0. The Morgan fingerprint density at radius 2 is 2.19 bits per heavy atom. The maximum absolute atomic E-state index is 11.7. The van der Waals surface area contributed by atoms with Gasteiger partial charge in [0.2, 0.25) is 5.91 Å². The number of alkyl halides is 1. The predicted molar refractivity (Wildman–Crippen MR) is 64.4 cm³/mol. The molecule has 0 saturated carbocycles. The molecule has 0 unspecified atom stereocenters. The number of halogens is 1. The topological polar surface area (TPSA) is 54.5 Å². The predicted octanol–water partition coefficient (Wildman–Crippen LogP) is 1.04. The molecule has 16 heavy (non-hydrogen) atoms. The largest absolute Gasteiger partial charge is 0.335 e. The van der Waals surface area contributed by atoms with Crippen LogP contribution < -0.4 is 0 Å². The lowest BCUT2D eigenvalue weighted by atomic mass is 10.1. The van der Waals surface area contributed by atoms with Gasteiger partial charge in [-0.3, -0.25) is 4.79 Å². The zero-order valence-corrected chi connectivity index (χ0v) is 11.2. The van der Waals surface area contributed by atoms with Gasteiger partial charge in [-0.2, -0.15) is 0 Å². The highest BCUT2D eigenvalue weighted by atomic mass is 35.5. The van der Waals surface area contributed by atoms with Crippen LogP contribution >= 0.6 is 11.6 Å². The second-order valence-corrected chi connectivity index (χ2v) is 6.74. The molecule has 1 amide bonds. The van der Waals surface area contributed by atoms with E-state index in [1.165, 1.54) is 0 Å². The lowest BCUT2D eigenvalue weighted by Crippen LogP contribution is -2.47. The molecular weight excluding hydrogens is 250 g/mol. The second kappa shape index (κ2) is 5.36. The Morgan fingerprint density at radius 1 is 1.56 bits per heavy atom. The third-order valence-electron chi connectivity index (χ3n) is 3.07. The van der Waals surface area contributed by atoms with E-state index in [-0.39, 0.29) is 35.4 Å². The van der Waals surface area contributed by atoms with Crippen molar-refractivity contribution in [3.8, 4) is 0 Å². The van der Waals surface area contributed by atoms with Gasteiger partial charge in [0.25, 0.3) is 0 Å². The van der Waals surface area contributed by atoms with Crippen LogP contribution in [0.5, 0.6) is 0 Å². The molecule has 0 spiro atoms. The van der Waals surface area contributed by atoms with Crippen LogP contribution in [0.4, 0.5) is 0 Å². The number of rotatable bonds is 4. The standard InChI is InChI=1S/C10H18ClNO3S/c1-3-8(2)12(10(13)6-11)9-4-5-16(14,15)7-9/h8-9H,3-7H2,1-2H3/t8-,9-/m0/s1. The van der Waals surface area contributed by atoms with Crippen molar-refractivity contribution < 1.29 is 13.2 Å². The van der Waals surface area contributed by atoms with Crippen LogP contribution in [0.1, 0.15) is 26.7 Å². The van der Waals surface area contributed by atoms with Crippen molar-refractivity contribution in [3.63, 3.8) is 0 Å². The number of hydrogen-bond acceptors (Lipinski definition) is 3. The SMILES string of the molecule is CC[C@H](C)N(C(=O)CCl)[C@H]1CCS(=O)(=O)C1. The molecule has 0 aromatic carbocycles. The summed E-state index contributed by atoms with van der Waals surface area (Å²) in [5, 5.41) is 0. The number of carbonyl (C=O) groups is 1. The molecule has 6 heteroatoms. The number of amides is 1. The molecule has 0 aromatic rings. The van der Waals surface area contributed by atoms with Gasteiger partial charge in [0.1, 0.15) is 5.88 Å². The maximum Gasteiger partial charge on any atom is 0.238 e. The van der Waals surface area contributed by atoms with Gasteiger partial charge in [0.15, 0.2) is 9.84 Å². The van der Waals surface area contributed by atoms with Crippen LogP contribution in [-0.4, -0.2) is 48.7 Å². The van der Waals surface area contributed by atoms with E-state index in [4.69, 9.17) is 11.6 Å². The van der Waals surface area contributed by atoms with Crippen LogP contribution in [0.3, 0.4) is 0 Å². The highest BCUT2D eigenvalue weighted by molar-refractivity contribution is 7.91. The molecule has 94 valence electrons. The van der Waals surface area contributed by atoms with Crippen molar-refractivity contribution >= 4 is 27.3 Å². The van der Waals surface area contributed by atoms with Crippen LogP contribution in [0.2, 0.25) is 0 Å². The van der Waals surface area contributed by atoms with E-state index in [0.29, 0.717) is 6.42 Å². The minimum absolute atomic E-state index is 0.0459. The molecule has 0 aliphatic carbocycles. The molecule has 0 bridgehead atoms. The zero-order valence-electron chi connectivity index (χ0n) is 9.65. The van der Waals surface area contributed by atoms with E-state index in [9.17, 15) is 13.2 Å². The van der Waals surface area contributed by atoms with E-state index in [2.05, 4.69) is 0 Å². The van der Waals surface area contributed by atoms with E-state index < -0.39 is 9.84 Å². The lowest BCUT2D eigenvalue weighted by Gasteiger charge is -2.33. The normalized spacial score (nSPS) is 25.3. The van der Waals surface area contributed by atoms with E-state index >= 15 is 0 Å². The average molecular weight is 268 g/mol. The van der Waals surface area contributed by atoms with Crippen molar-refractivity contribution in [3.05, 3.63) is 0 Å². The summed E-state index contributed by atoms with van der Waals surface area (Å²) < 4.78 is 22.8. The highest BCUT2D eigenvalue weighted by Gasteiger charge is 2.36. The van der Waals surface area contributed by atoms with Crippen molar-refractivity contribution in [1.29, 1.82) is 0 Å². The lowest BCUT2D eigenvalue weighted by molar-refractivity contribution is -0.132. The summed E-state index contributed by atoms with van der Waals surface area (Å²) in [7, 11) is -2.96. The summed E-state index contributed by atoms with van der Waals surface area (Å²) in [4.78, 5) is 13.4. The molecule has 4 nitrogen and oxygen atoms in total. The first-order valence-corrected chi connectivity index (χ1v) is 7.84. The van der Waals surface area contributed by atoms with Crippen LogP contribution in [0.25, 0.3) is 0 Å².